The van der Waals surface area contributed by atoms with Gasteiger partial charge in [0.05, 0.1) is 32.5 Å². The van der Waals surface area contributed by atoms with Crippen LogP contribution in [0, 0.1) is 5.92 Å². The molecule has 100 valence electrons. The van der Waals surface area contributed by atoms with Crippen LogP contribution in [-0.4, -0.2) is 63.0 Å². The second-order valence-electron chi connectivity index (χ2n) is 5.57. The summed E-state index contributed by atoms with van der Waals surface area (Å²) < 4.78 is 10.6. The molecule has 0 aromatic rings. The van der Waals surface area contributed by atoms with E-state index in [9.17, 15) is 0 Å². The van der Waals surface area contributed by atoms with E-state index in [1.165, 1.54) is 6.42 Å². The SMILES string of the molecule is CC(C)CC(CNC1COC1)N1CCOCC1. The highest BCUT2D eigenvalue weighted by Gasteiger charge is 2.24. The van der Waals surface area contributed by atoms with Gasteiger partial charge in [0.25, 0.3) is 0 Å². The van der Waals surface area contributed by atoms with Gasteiger partial charge in [-0.25, -0.2) is 0 Å². The van der Waals surface area contributed by atoms with E-state index in [1.54, 1.807) is 0 Å². The van der Waals surface area contributed by atoms with Crippen molar-refractivity contribution in [2.45, 2.75) is 32.4 Å². The van der Waals surface area contributed by atoms with Gasteiger partial charge in [-0.2, -0.15) is 0 Å². The van der Waals surface area contributed by atoms with E-state index in [-0.39, 0.29) is 0 Å². The van der Waals surface area contributed by atoms with Crippen molar-refractivity contribution < 1.29 is 9.47 Å². The summed E-state index contributed by atoms with van der Waals surface area (Å²) in [6.07, 6.45) is 1.26. The van der Waals surface area contributed by atoms with Crippen LogP contribution in [-0.2, 0) is 9.47 Å². The zero-order chi connectivity index (χ0) is 12.1. The Morgan fingerprint density at radius 2 is 1.88 bits per heavy atom. The molecule has 17 heavy (non-hydrogen) atoms. The van der Waals surface area contributed by atoms with Gasteiger partial charge in [0.15, 0.2) is 0 Å². The topological polar surface area (TPSA) is 33.7 Å². The van der Waals surface area contributed by atoms with Crippen LogP contribution >= 0.6 is 0 Å². The van der Waals surface area contributed by atoms with Crippen LogP contribution in [0.15, 0.2) is 0 Å². The first-order valence-electron chi connectivity index (χ1n) is 6.88. The third kappa shape index (κ3) is 4.21. The van der Waals surface area contributed by atoms with Crippen LogP contribution in [0.2, 0.25) is 0 Å². The normalized spacial score (nSPS) is 24.9. The highest BCUT2D eigenvalue weighted by atomic mass is 16.5. The summed E-state index contributed by atoms with van der Waals surface area (Å²) in [5.74, 6) is 0.752. The van der Waals surface area contributed by atoms with Crippen LogP contribution < -0.4 is 5.32 Å². The fourth-order valence-electron chi connectivity index (χ4n) is 2.50. The largest absolute Gasteiger partial charge is 0.379 e. The zero-order valence-corrected chi connectivity index (χ0v) is 11.2. The van der Waals surface area contributed by atoms with E-state index in [2.05, 4.69) is 24.1 Å². The zero-order valence-electron chi connectivity index (χ0n) is 11.2. The Morgan fingerprint density at radius 1 is 1.18 bits per heavy atom. The van der Waals surface area contributed by atoms with Crippen molar-refractivity contribution in [3.8, 4) is 0 Å². The first kappa shape index (κ1) is 13.3. The van der Waals surface area contributed by atoms with Gasteiger partial charge in [0, 0.05) is 25.7 Å². The molecule has 1 unspecified atom stereocenters. The van der Waals surface area contributed by atoms with E-state index in [1.807, 2.05) is 0 Å². The molecule has 0 aliphatic carbocycles. The van der Waals surface area contributed by atoms with Crippen LogP contribution in [0.4, 0.5) is 0 Å². The lowest BCUT2D eigenvalue weighted by Crippen LogP contribution is -2.53. The Hall–Kier alpha value is -0.160. The van der Waals surface area contributed by atoms with Gasteiger partial charge in [-0.1, -0.05) is 13.8 Å². The molecule has 1 atom stereocenters. The number of ether oxygens (including phenoxy) is 2. The molecule has 2 rings (SSSR count). The van der Waals surface area contributed by atoms with Crippen molar-refractivity contribution in [3.05, 3.63) is 0 Å². The molecular weight excluding hydrogens is 216 g/mol. The Bertz CT molecular complexity index is 213. The summed E-state index contributed by atoms with van der Waals surface area (Å²) in [5, 5.41) is 3.61. The molecule has 2 heterocycles. The van der Waals surface area contributed by atoms with Crippen molar-refractivity contribution in [3.63, 3.8) is 0 Å². The molecule has 2 aliphatic rings. The predicted octanol–water partition coefficient (Wildman–Crippen LogP) is 0.722. The van der Waals surface area contributed by atoms with E-state index < -0.39 is 0 Å². The quantitative estimate of drug-likeness (QED) is 0.744. The fraction of sp³-hybridized carbons (Fsp3) is 1.00. The Morgan fingerprint density at radius 3 is 2.41 bits per heavy atom. The van der Waals surface area contributed by atoms with Gasteiger partial charge < -0.3 is 14.8 Å². The van der Waals surface area contributed by atoms with Crippen molar-refractivity contribution in [2.75, 3.05) is 46.1 Å². The van der Waals surface area contributed by atoms with Crippen LogP contribution in [0.5, 0.6) is 0 Å². The molecule has 1 N–H and O–H groups in total. The molecule has 0 amide bonds. The minimum absolute atomic E-state index is 0.589. The molecule has 0 radical (unpaired) electrons. The fourth-order valence-corrected chi connectivity index (χ4v) is 2.50. The average molecular weight is 242 g/mol. The number of morpholine rings is 1. The summed E-state index contributed by atoms with van der Waals surface area (Å²) >= 11 is 0. The van der Waals surface area contributed by atoms with Crippen LogP contribution in [0.25, 0.3) is 0 Å². The second-order valence-corrected chi connectivity index (χ2v) is 5.57. The highest BCUT2D eigenvalue weighted by Crippen LogP contribution is 2.13. The molecule has 2 fully saturated rings. The monoisotopic (exact) mass is 242 g/mol. The number of rotatable bonds is 6. The van der Waals surface area contributed by atoms with E-state index >= 15 is 0 Å². The summed E-state index contributed by atoms with van der Waals surface area (Å²) in [4.78, 5) is 2.58. The lowest BCUT2D eigenvalue weighted by atomic mass is 10.0. The van der Waals surface area contributed by atoms with Gasteiger partial charge in [-0.3, -0.25) is 4.90 Å². The molecule has 0 aromatic heterocycles. The minimum atomic E-state index is 0.589. The first-order valence-corrected chi connectivity index (χ1v) is 6.88. The maximum absolute atomic E-state index is 5.43. The minimum Gasteiger partial charge on any atom is -0.379 e. The molecule has 0 saturated carbocycles. The number of nitrogens with one attached hydrogen (secondary N) is 1. The summed E-state index contributed by atoms with van der Waals surface area (Å²) in [5.41, 5.74) is 0. The smallest absolute Gasteiger partial charge is 0.0643 e. The molecule has 0 aromatic carbocycles. The second kappa shape index (κ2) is 6.69. The Labute approximate surface area is 105 Å². The molecular formula is C13H26N2O2. The number of hydrogen-bond donors (Lipinski definition) is 1. The van der Waals surface area contributed by atoms with Crippen molar-refractivity contribution in [2.24, 2.45) is 5.92 Å². The van der Waals surface area contributed by atoms with E-state index in [0.717, 1.165) is 52.0 Å². The average Bonchev–Trinajstić information content (AvgIpc) is 2.26. The van der Waals surface area contributed by atoms with Gasteiger partial charge in [0.2, 0.25) is 0 Å². The third-order valence-corrected chi connectivity index (χ3v) is 3.59. The van der Waals surface area contributed by atoms with Crippen molar-refractivity contribution in [1.29, 1.82) is 0 Å². The molecule has 4 heteroatoms. The third-order valence-electron chi connectivity index (χ3n) is 3.59. The predicted molar refractivity (Wildman–Crippen MR) is 68.2 cm³/mol. The maximum Gasteiger partial charge on any atom is 0.0643 e. The van der Waals surface area contributed by atoms with E-state index in [4.69, 9.17) is 9.47 Å². The molecule has 0 spiro atoms. The molecule has 2 aliphatic heterocycles. The number of hydrogen-bond acceptors (Lipinski definition) is 4. The summed E-state index contributed by atoms with van der Waals surface area (Å²) in [7, 11) is 0. The standard InChI is InChI=1S/C13H26N2O2/c1-11(2)7-13(8-14-12-9-17-10-12)15-3-5-16-6-4-15/h11-14H,3-10H2,1-2H3. The highest BCUT2D eigenvalue weighted by molar-refractivity contribution is 4.81. The van der Waals surface area contributed by atoms with Crippen LogP contribution in [0.1, 0.15) is 20.3 Å². The Balaban J connectivity index is 1.77. The Kier molecular flexibility index (Phi) is 5.22. The lowest BCUT2D eigenvalue weighted by Gasteiger charge is -2.37. The summed E-state index contributed by atoms with van der Waals surface area (Å²) in [6.45, 7) is 11.4. The first-order chi connectivity index (χ1) is 8.25. The van der Waals surface area contributed by atoms with Crippen molar-refractivity contribution in [1.82, 2.24) is 10.2 Å². The van der Waals surface area contributed by atoms with Crippen molar-refractivity contribution >= 4 is 0 Å². The van der Waals surface area contributed by atoms with E-state index in [0.29, 0.717) is 12.1 Å². The maximum atomic E-state index is 5.43. The number of nitrogens with zero attached hydrogens (tertiary/aromatic N) is 1. The molecule has 0 bridgehead atoms. The van der Waals surface area contributed by atoms with Gasteiger partial charge in [-0.05, 0) is 12.3 Å². The van der Waals surface area contributed by atoms with Gasteiger partial charge in [0.1, 0.15) is 0 Å². The lowest BCUT2D eigenvalue weighted by molar-refractivity contribution is -0.0163. The van der Waals surface area contributed by atoms with Gasteiger partial charge in [-0.15, -0.1) is 0 Å². The molecule has 4 nitrogen and oxygen atoms in total. The van der Waals surface area contributed by atoms with Crippen LogP contribution in [0.3, 0.4) is 0 Å². The molecule has 2 saturated heterocycles. The van der Waals surface area contributed by atoms with Gasteiger partial charge >= 0.3 is 0 Å². The summed E-state index contributed by atoms with van der Waals surface area (Å²) in [6, 6.07) is 1.24.